The summed E-state index contributed by atoms with van der Waals surface area (Å²) in [6.07, 6.45) is 2.81. The van der Waals surface area contributed by atoms with Crippen LogP contribution >= 0.6 is 0 Å². The molecule has 2 heteroatoms. The Kier molecular flexibility index (Phi) is 3.53. The van der Waals surface area contributed by atoms with Crippen molar-refractivity contribution in [2.45, 2.75) is 26.7 Å². The lowest BCUT2D eigenvalue weighted by Gasteiger charge is -2.20. The molecule has 2 fully saturated rings. The van der Waals surface area contributed by atoms with E-state index >= 15 is 0 Å². The lowest BCUT2D eigenvalue weighted by Crippen LogP contribution is -2.27. The molecule has 0 aromatic heterocycles. The van der Waals surface area contributed by atoms with E-state index in [-0.39, 0.29) is 0 Å². The number of hydrogen-bond acceptors (Lipinski definition) is 2. The standard InChI is InChI=1S/C8H16N2.C2H6/c1-10-5-3-8(7-10)2-4-9-6-8;1-2/h9H,2-7H2,1H3;1-2H3. The molecule has 2 aliphatic rings. The van der Waals surface area contributed by atoms with Gasteiger partial charge in [0.25, 0.3) is 0 Å². The van der Waals surface area contributed by atoms with Gasteiger partial charge in [0, 0.05) is 13.1 Å². The number of hydrogen-bond donors (Lipinski definition) is 1. The fourth-order valence-electron chi connectivity index (χ4n) is 2.30. The summed E-state index contributed by atoms with van der Waals surface area (Å²) in [6.45, 7) is 9.13. The van der Waals surface area contributed by atoms with Crippen LogP contribution in [0.25, 0.3) is 0 Å². The van der Waals surface area contributed by atoms with Crippen LogP contribution in [0.2, 0.25) is 0 Å². The molecule has 0 aliphatic carbocycles. The Balaban J connectivity index is 0.000000336. The highest BCUT2D eigenvalue weighted by atomic mass is 15.1. The molecular weight excluding hydrogens is 148 g/mol. The third kappa shape index (κ3) is 1.99. The summed E-state index contributed by atoms with van der Waals surface area (Å²) in [6, 6.07) is 0. The van der Waals surface area contributed by atoms with E-state index in [0.717, 1.165) is 0 Å². The van der Waals surface area contributed by atoms with Crippen LogP contribution in [0.5, 0.6) is 0 Å². The van der Waals surface area contributed by atoms with E-state index in [1.807, 2.05) is 13.8 Å². The van der Waals surface area contributed by atoms with Gasteiger partial charge in [0.05, 0.1) is 0 Å². The van der Waals surface area contributed by atoms with Crippen molar-refractivity contribution in [2.75, 3.05) is 33.2 Å². The van der Waals surface area contributed by atoms with Crippen LogP contribution in [0.3, 0.4) is 0 Å². The van der Waals surface area contributed by atoms with Crippen LogP contribution in [0.15, 0.2) is 0 Å². The molecular formula is C10H22N2. The van der Waals surface area contributed by atoms with Gasteiger partial charge in [-0.1, -0.05) is 13.8 Å². The van der Waals surface area contributed by atoms with E-state index in [1.165, 1.54) is 39.0 Å². The van der Waals surface area contributed by atoms with Gasteiger partial charge in [0.2, 0.25) is 0 Å². The van der Waals surface area contributed by atoms with Crippen molar-refractivity contribution in [3.8, 4) is 0 Å². The predicted molar refractivity (Wildman–Crippen MR) is 53.4 cm³/mol. The van der Waals surface area contributed by atoms with Crippen LogP contribution in [0.4, 0.5) is 0 Å². The van der Waals surface area contributed by atoms with Crippen LogP contribution < -0.4 is 5.32 Å². The maximum absolute atomic E-state index is 3.45. The van der Waals surface area contributed by atoms with Gasteiger partial charge in [-0.3, -0.25) is 0 Å². The molecule has 1 atom stereocenters. The summed E-state index contributed by atoms with van der Waals surface area (Å²) < 4.78 is 0. The molecule has 1 spiro atoms. The zero-order chi connectivity index (χ0) is 9.03. The second-order valence-electron chi connectivity index (χ2n) is 3.91. The Morgan fingerprint density at radius 2 is 2.00 bits per heavy atom. The van der Waals surface area contributed by atoms with E-state index in [9.17, 15) is 0 Å². The van der Waals surface area contributed by atoms with Crippen LogP contribution in [-0.2, 0) is 0 Å². The normalized spacial score (nSPS) is 35.2. The number of likely N-dealkylation sites (tertiary alicyclic amines) is 1. The largest absolute Gasteiger partial charge is 0.316 e. The van der Waals surface area contributed by atoms with Crippen molar-refractivity contribution in [1.29, 1.82) is 0 Å². The second kappa shape index (κ2) is 4.24. The SMILES string of the molecule is CC.CN1CCC2(CCNC2)C1. The Morgan fingerprint density at radius 1 is 1.25 bits per heavy atom. The molecule has 2 aliphatic heterocycles. The third-order valence-electron chi connectivity index (χ3n) is 2.96. The minimum Gasteiger partial charge on any atom is -0.316 e. The molecule has 1 N–H and O–H groups in total. The van der Waals surface area contributed by atoms with Gasteiger partial charge >= 0.3 is 0 Å². The number of nitrogens with zero attached hydrogens (tertiary/aromatic N) is 1. The fourth-order valence-corrected chi connectivity index (χ4v) is 2.30. The summed E-state index contributed by atoms with van der Waals surface area (Å²) in [5, 5.41) is 3.45. The highest BCUT2D eigenvalue weighted by molar-refractivity contribution is 4.94. The average molecular weight is 170 g/mol. The third-order valence-corrected chi connectivity index (χ3v) is 2.96. The maximum atomic E-state index is 3.45. The summed E-state index contributed by atoms with van der Waals surface area (Å²) in [7, 11) is 2.23. The van der Waals surface area contributed by atoms with E-state index in [1.54, 1.807) is 0 Å². The Bertz CT molecular complexity index is 128. The van der Waals surface area contributed by atoms with Crippen molar-refractivity contribution in [1.82, 2.24) is 10.2 Å². The molecule has 2 nitrogen and oxygen atoms in total. The van der Waals surface area contributed by atoms with E-state index in [0.29, 0.717) is 5.41 Å². The molecule has 2 rings (SSSR count). The zero-order valence-corrected chi connectivity index (χ0v) is 8.69. The monoisotopic (exact) mass is 170 g/mol. The highest BCUT2D eigenvalue weighted by Crippen LogP contribution is 2.34. The van der Waals surface area contributed by atoms with Gasteiger partial charge in [-0.05, 0) is 38.4 Å². The molecule has 1 unspecified atom stereocenters. The molecule has 0 amide bonds. The first-order chi connectivity index (χ1) is 5.81. The van der Waals surface area contributed by atoms with E-state index < -0.39 is 0 Å². The molecule has 0 radical (unpaired) electrons. The Labute approximate surface area is 76.3 Å². The van der Waals surface area contributed by atoms with Crippen LogP contribution in [0.1, 0.15) is 26.7 Å². The van der Waals surface area contributed by atoms with Crippen LogP contribution in [-0.4, -0.2) is 38.1 Å². The molecule has 12 heavy (non-hydrogen) atoms. The molecule has 72 valence electrons. The van der Waals surface area contributed by atoms with E-state index in [2.05, 4.69) is 17.3 Å². The number of nitrogens with one attached hydrogen (secondary N) is 1. The lowest BCUT2D eigenvalue weighted by molar-refractivity contribution is 0.309. The van der Waals surface area contributed by atoms with Gasteiger partial charge in [0.15, 0.2) is 0 Å². The summed E-state index contributed by atoms with van der Waals surface area (Å²) in [4.78, 5) is 2.45. The van der Waals surface area contributed by atoms with Gasteiger partial charge in [-0.15, -0.1) is 0 Å². The Morgan fingerprint density at radius 3 is 2.42 bits per heavy atom. The smallest absolute Gasteiger partial charge is 0.00481 e. The van der Waals surface area contributed by atoms with Gasteiger partial charge < -0.3 is 10.2 Å². The first-order valence-electron chi connectivity index (χ1n) is 5.20. The highest BCUT2D eigenvalue weighted by Gasteiger charge is 2.38. The van der Waals surface area contributed by atoms with Gasteiger partial charge in [-0.25, -0.2) is 0 Å². The first-order valence-corrected chi connectivity index (χ1v) is 5.20. The molecule has 0 bridgehead atoms. The van der Waals surface area contributed by atoms with Crippen molar-refractivity contribution in [3.05, 3.63) is 0 Å². The first kappa shape index (κ1) is 10.0. The molecule has 0 saturated carbocycles. The topological polar surface area (TPSA) is 15.3 Å². The maximum Gasteiger partial charge on any atom is 0.00481 e. The molecule has 2 heterocycles. The van der Waals surface area contributed by atoms with E-state index in [4.69, 9.17) is 0 Å². The molecule has 0 aromatic carbocycles. The van der Waals surface area contributed by atoms with Gasteiger partial charge in [0.1, 0.15) is 0 Å². The van der Waals surface area contributed by atoms with Crippen molar-refractivity contribution < 1.29 is 0 Å². The minimum absolute atomic E-state index is 0.675. The van der Waals surface area contributed by atoms with Crippen LogP contribution in [0, 0.1) is 5.41 Å². The molecule has 2 saturated heterocycles. The fraction of sp³-hybridized carbons (Fsp3) is 1.00. The Hall–Kier alpha value is -0.0800. The summed E-state index contributed by atoms with van der Waals surface area (Å²) in [5.74, 6) is 0. The average Bonchev–Trinajstić information content (AvgIpc) is 2.68. The van der Waals surface area contributed by atoms with Crippen molar-refractivity contribution in [3.63, 3.8) is 0 Å². The van der Waals surface area contributed by atoms with Crippen molar-refractivity contribution >= 4 is 0 Å². The minimum atomic E-state index is 0.675. The quantitative estimate of drug-likeness (QED) is 0.590. The number of rotatable bonds is 0. The van der Waals surface area contributed by atoms with Crippen molar-refractivity contribution in [2.24, 2.45) is 5.41 Å². The molecule has 0 aromatic rings. The summed E-state index contributed by atoms with van der Waals surface area (Å²) in [5.41, 5.74) is 0.675. The predicted octanol–water partition coefficient (Wildman–Crippen LogP) is 1.33. The zero-order valence-electron chi connectivity index (χ0n) is 8.69. The summed E-state index contributed by atoms with van der Waals surface area (Å²) >= 11 is 0. The lowest BCUT2D eigenvalue weighted by atomic mass is 9.87. The van der Waals surface area contributed by atoms with Gasteiger partial charge in [-0.2, -0.15) is 0 Å². The second-order valence-corrected chi connectivity index (χ2v) is 3.91.